The van der Waals surface area contributed by atoms with Crippen LogP contribution in [0.5, 0.6) is 11.5 Å². The van der Waals surface area contributed by atoms with Crippen LogP contribution in [0.25, 0.3) is 106 Å². The molecule has 410 valence electrons. The van der Waals surface area contributed by atoms with Crippen LogP contribution in [0, 0.1) is 18.5 Å². The fraction of sp³-hybridized carbons (Fsp3) is 0.211. The minimum atomic E-state index is -0.159. The second kappa shape index (κ2) is 20.1. The third kappa shape index (κ3) is 9.61. The molecule has 1 aliphatic rings. The van der Waals surface area contributed by atoms with Crippen LogP contribution in [0.3, 0.4) is 0 Å². The van der Waals surface area contributed by atoms with Gasteiger partial charge in [0.2, 0.25) is 0 Å². The third-order valence-corrected chi connectivity index (χ3v) is 16.4. The number of imidazole rings is 1. The molecule has 0 unspecified atom stereocenters. The van der Waals surface area contributed by atoms with E-state index in [0.717, 1.165) is 94.5 Å². The zero-order valence-corrected chi connectivity index (χ0v) is 51.3. The van der Waals surface area contributed by atoms with Gasteiger partial charge < -0.3 is 13.9 Å². The number of pyridine rings is 1. The summed E-state index contributed by atoms with van der Waals surface area (Å²) in [6.45, 7) is 27.3. The Kier molecular flexibility index (Phi) is 13.4. The number of fused-ring (bicyclic) bond motifs is 10. The van der Waals surface area contributed by atoms with Crippen molar-refractivity contribution < 1.29 is 30.4 Å². The zero-order valence-electron chi connectivity index (χ0n) is 49.0. The van der Waals surface area contributed by atoms with Crippen molar-refractivity contribution in [1.29, 1.82) is 0 Å². The topological polar surface area (TPSA) is 35.9 Å². The quantitative estimate of drug-likeness (QED) is 0.123. The van der Waals surface area contributed by atoms with E-state index in [4.69, 9.17) is 9.72 Å². The predicted octanol–water partition coefficient (Wildman–Crippen LogP) is 19.4. The summed E-state index contributed by atoms with van der Waals surface area (Å²) < 4.78 is 13.7. The Labute approximate surface area is 498 Å². The van der Waals surface area contributed by atoms with Crippen LogP contribution in [0.2, 0.25) is 0 Å². The summed E-state index contributed by atoms with van der Waals surface area (Å²) in [6, 6.07) is 76.5. The van der Waals surface area contributed by atoms with Gasteiger partial charge in [0.25, 0.3) is 6.33 Å². The molecule has 3 aromatic heterocycles. The van der Waals surface area contributed by atoms with E-state index >= 15 is 0 Å². The number of rotatable bonds is 6. The van der Waals surface area contributed by atoms with Crippen molar-refractivity contribution in [1.82, 2.24) is 14.1 Å². The smallest absolute Gasteiger partial charge is 0.268 e. The molecule has 82 heavy (non-hydrogen) atoms. The number of aromatic nitrogens is 4. The van der Waals surface area contributed by atoms with Gasteiger partial charge in [-0.05, 0) is 135 Å². The molecule has 0 aliphatic carbocycles. The van der Waals surface area contributed by atoms with Gasteiger partial charge in [-0.3, -0.25) is 4.57 Å². The number of hydrogen-bond donors (Lipinski definition) is 0. The Morgan fingerprint density at radius 2 is 0.976 bits per heavy atom. The average Bonchev–Trinajstić information content (AvgIpc) is 3.03. The maximum Gasteiger partial charge on any atom is 0.268 e. The Morgan fingerprint density at radius 1 is 0.415 bits per heavy atom. The molecule has 0 saturated heterocycles. The van der Waals surface area contributed by atoms with Crippen LogP contribution in [0.1, 0.15) is 105 Å². The van der Waals surface area contributed by atoms with Gasteiger partial charge in [-0.1, -0.05) is 222 Å². The Balaban J connectivity index is 0.00000665. The van der Waals surface area contributed by atoms with Gasteiger partial charge in [-0.15, -0.1) is 29.7 Å². The minimum absolute atomic E-state index is 0. The summed E-state index contributed by atoms with van der Waals surface area (Å²) in [6.07, 6.45) is 5.98. The molecular weight excluding hydrogens is 1180 g/mol. The van der Waals surface area contributed by atoms with Gasteiger partial charge in [0.1, 0.15) is 5.82 Å². The number of benzene rings is 9. The van der Waals surface area contributed by atoms with Gasteiger partial charge in [-0.25, -0.2) is 4.98 Å². The molecule has 0 radical (unpaired) electrons. The SMILES string of the molecule is CC(C)(C)c1ccc(-c2cc3c4c(c2)n(-c2[c-]c(Oc5[c-]c6c(cc5)c5ccccc5n6-c5cc(C(C)(C)C)ccn5)ccc2)[c-][n+]4-c2c(-c4ccc(C(C)(C)C)cc4)cc(C(C)(C)C)cc2-c2ccccc2-c2ccccc2-3)cc1.[Pt]. The second-order valence-corrected chi connectivity index (χ2v) is 26.2. The molecule has 9 aromatic carbocycles. The largest absolute Gasteiger partial charge is 0.510 e. The first kappa shape index (κ1) is 54.5. The first-order chi connectivity index (χ1) is 38.7. The summed E-state index contributed by atoms with van der Waals surface area (Å²) in [7, 11) is 0. The standard InChI is InChI=1S/C76H68N4O.Pt/c1-73(2,3)51-32-28-48(29-33-51)50-40-65-60-24-15-13-22-58(60)59-23-14-16-25-61(59)66-43-54(76(10,11)12)42-64(49-30-34-52(35-31-49)74(4,5)6)71(66)79-47-78(69(41-50)72(65)79)55-20-19-21-56(45-55)81-57-36-37-63-62-26-17-18-27-67(62)80(68(63)46-57)70-44-53(38-39-77-70)75(7,8)9;/h13-44H,1-12H3;/q-2;. The summed E-state index contributed by atoms with van der Waals surface area (Å²) in [4.78, 5) is 4.93. The monoisotopic (exact) mass is 1250 g/mol. The second-order valence-electron chi connectivity index (χ2n) is 26.2. The molecule has 1 aliphatic heterocycles. The van der Waals surface area contributed by atoms with Crippen molar-refractivity contribution >= 4 is 32.8 Å². The van der Waals surface area contributed by atoms with Crippen LogP contribution < -0.4 is 9.30 Å². The van der Waals surface area contributed by atoms with E-state index in [1.54, 1.807) is 0 Å². The summed E-state index contributed by atoms with van der Waals surface area (Å²) in [5.41, 5.74) is 22.1. The fourth-order valence-corrected chi connectivity index (χ4v) is 11.8. The van der Waals surface area contributed by atoms with Crippen LogP contribution in [-0.4, -0.2) is 14.1 Å². The van der Waals surface area contributed by atoms with E-state index < -0.39 is 0 Å². The number of ether oxygens (including phenoxy) is 1. The van der Waals surface area contributed by atoms with Crippen LogP contribution in [0.4, 0.5) is 0 Å². The van der Waals surface area contributed by atoms with E-state index in [-0.39, 0.29) is 42.7 Å². The summed E-state index contributed by atoms with van der Waals surface area (Å²) in [5, 5.41) is 2.21. The van der Waals surface area contributed by atoms with Gasteiger partial charge in [0, 0.05) is 44.3 Å². The van der Waals surface area contributed by atoms with Crippen molar-refractivity contribution in [2.45, 2.75) is 105 Å². The van der Waals surface area contributed by atoms with E-state index in [1.807, 2.05) is 18.3 Å². The molecule has 13 rings (SSSR count). The van der Waals surface area contributed by atoms with Crippen molar-refractivity contribution in [2.24, 2.45) is 0 Å². The molecule has 0 atom stereocenters. The number of hydrogen-bond acceptors (Lipinski definition) is 2. The molecule has 5 nitrogen and oxygen atoms in total. The van der Waals surface area contributed by atoms with E-state index in [9.17, 15) is 0 Å². The molecule has 0 bridgehead atoms. The Bertz CT molecular complexity index is 4450. The van der Waals surface area contributed by atoms with Gasteiger partial charge in [-0.2, -0.15) is 18.2 Å². The number of para-hydroxylation sites is 1. The molecule has 0 saturated carbocycles. The van der Waals surface area contributed by atoms with Crippen molar-refractivity contribution in [2.75, 3.05) is 0 Å². The molecule has 6 heteroatoms. The number of nitrogens with zero attached hydrogens (tertiary/aromatic N) is 4. The van der Waals surface area contributed by atoms with Crippen molar-refractivity contribution in [3.63, 3.8) is 0 Å². The minimum Gasteiger partial charge on any atom is -0.510 e. The molecule has 0 spiro atoms. The summed E-state index contributed by atoms with van der Waals surface area (Å²) >= 11 is 0. The zero-order chi connectivity index (χ0) is 56.3. The van der Waals surface area contributed by atoms with E-state index in [1.165, 1.54) is 33.4 Å². The van der Waals surface area contributed by atoms with Gasteiger partial charge in [0.05, 0.1) is 16.7 Å². The summed E-state index contributed by atoms with van der Waals surface area (Å²) in [5.74, 6) is 1.98. The van der Waals surface area contributed by atoms with Crippen LogP contribution >= 0.6 is 0 Å². The normalized spacial score (nSPS) is 12.5. The first-order valence-electron chi connectivity index (χ1n) is 28.4. The first-order valence-corrected chi connectivity index (χ1v) is 28.4. The molecule has 0 amide bonds. The van der Waals surface area contributed by atoms with E-state index in [0.29, 0.717) is 11.5 Å². The van der Waals surface area contributed by atoms with Crippen molar-refractivity contribution in [3.8, 4) is 84.3 Å². The van der Waals surface area contributed by atoms with Gasteiger partial charge >= 0.3 is 0 Å². The molecule has 0 fully saturated rings. The molecule has 12 aromatic rings. The van der Waals surface area contributed by atoms with Crippen LogP contribution in [-0.2, 0) is 42.7 Å². The maximum atomic E-state index is 6.90. The third-order valence-electron chi connectivity index (χ3n) is 16.4. The Hall–Kier alpha value is -8.11. The van der Waals surface area contributed by atoms with Crippen LogP contribution in [0.15, 0.2) is 194 Å². The fourth-order valence-electron chi connectivity index (χ4n) is 11.8. The average molecular weight is 1250 g/mol. The maximum absolute atomic E-state index is 6.90. The van der Waals surface area contributed by atoms with E-state index in [2.05, 4.69) is 291 Å². The molecular formula is C76H68N4OPt-2. The molecule has 0 N–H and O–H groups in total. The Morgan fingerprint density at radius 3 is 1.61 bits per heavy atom. The molecule has 4 heterocycles. The van der Waals surface area contributed by atoms with Crippen molar-refractivity contribution in [3.05, 3.63) is 235 Å². The van der Waals surface area contributed by atoms with Gasteiger partial charge in [0.15, 0.2) is 0 Å². The predicted molar refractivity (Wildman–Crippen MR) is 336 cm³/mol.